The van der Waals surface area contributed by atoms with E-state index in [0.29, 0.717) is 12.3 Å². The number of fused-ring (bicyclic) bond motifs is 1. The Morgan fingerprint density at radius 3 is 2.75 bits per heavy atom. The van der Waals surface area contributed by atoms with Gasteiger partial charge in [0.05, 0.1) is 6.04 Å². The van der Waals surface area contributed by atoms with Crippen molar-refractivity contribution in [2.24, 2.45) is 0 Å². The molecule has 0 saturated carbocycles. The number of hydrogen-bond donors (Lipinski definition) is 0. The summed E-state index contributed by atoms with van der Waals surface area (Å²) >= 11 is 0. The Morgan fingerprint density at radius 1 is 1.38 bits per heavy atom. The van der Waals surface area contributed by atoms with Crippen LogP contribution in [0.2, 0.25) is 0 Å². The van der Waals surface area contributed by atoms with Crippen molar-refractivity contribution < 1.29 is 19.1 Å². The number of aldehydes is 1. The third-order valence-corrected chi connectivity index (χ3v) is 3.98. The van der Waals surface area contributed by atoms with Gasteiger partial charge in [-0.3, -0.25) is 4.79 Å². The minimum atomic E-state index is -0.499. The predicted octanol–water partition coefficient (Wildman–Crippen LogP) is 3.90. The lowest BCUT2D eigenvalue weighted by Crippen LogP contribution is -2.43. The van der Waals surface area contributed by atoms with Crippen molar-refractivity contribution in [3.05, 3.63) is 29.3 Å². The quantitative estimate of drug-likeness (QED) is 0.767. The second-order valence-electron chi connectivity index (χ2n) is 7.07. The van der Waals surface area contributed by atoms with Gasteiger partial charge in [0.25, 0.3) is 0 Å². The molecule has 24 heavy (non-hydrogen) atoms. The molecule has 0 aromatic heterocycles. The van der Waals surface area contributed by atoms with E-state index in [9.17, 15) is 9.59 Å². The second-order valence-corrected chi connectivity index (χ2v) is 7.07. The van der Waals surface area contributed by atoms with Crippen LogP contribution in [0, 0.1) is 0 Å². The molecule has 5 heteroatoms. The minimum absolute atomic E-state index is 0.0220. The first-order valence-corrected chi connectivity index (χ1v) is 8.54. The van der Waals surface area contributed by atoms with E-state index in [1.54, 1.807) is 0 Å². The number of ether oxygens (including phenoxy) is 2. The van der Waals surface area contributed by atoms with Gasteiger partial charge in [0.2, 0.25) is 0 Å². The van der Waals surface area contributed by atoms with Gasteiger partial charge in [0.15, 0.2) is 6.29 Å². The van der Waals surface area contributed by atoms with Crippen LogP contribution in [0.3, 0.4) is 0 Å². The monoisotopic (exact) mass is 333 g/mol. The molecule has 1 aliphatic rings. The van der Waals surface area contributed by atoms with Crippen molar-refractivity contribution in [1.82, 2.24) is 4.90 Å². The standard InChI is InChI=1S/C19H27NO4/c1-5-6-17-16-8-7-15(23-12-11-21)13-14(16)9-10-20(17)18(22)24-19(2,3)4/h7-8,11,13,17H,5-6,9-10,12H2,1-4H3. The maximum atomic E-state index is 12.6. The van der Waals surface area contributed by atoms with Gasteiger partial charge in [-0.15, -0.1) is 0 Å². The van der Waals surface area contributed by atoms with Crippen molar-refractivity contribution in [1.29, 1.82) is 0 Å². The zero-order valence-corrected chi connectivity index (χ0v) is 15.0. The third-order valence-electron chi connectivity index (χ3n) is 3.98. The summed E-state index contributed by atoms with van der Waals surface area (Å²) in [5.74, 6) is 0.696. The van der Waals surface area contributed by atoms with E-state index in [1.807, 2.05) is 43.9 Å². The summed E-state index contributed by atoms with van der Waals surface area (Å²) in [5.41, 5.74) is 1.82. The first-order chi connectivity index (χ1) is 11.4. The summed E-state index contributed by atoms with van der Waals surface area (Å²) in [6.45, 7) is 8.45. The summed E-state index contributed by atoms with van der Waals surface area (Å²) in [6, 6.07) is 5.87. The number of rotatable bonds is 5. The molecular weight excluding hydrogens is 306 g/mol. The Kier molecular flexibility index (Phi) is 5.86. The van der Waals surface area contributed by atoms with Gasteiger partial charge in [0.1, 0.15) is 18.0 Å². The largest absolute Gasteiger partial charge is 0.486 e. The van der Waals surface area contributed by atoms with Crippen molar-refractivity contribution in [2.75, 3.05) is 13.2 Å². The molecule has 1 aliphatic heterocycles. The number of benzene rings is 1. The highest BCUT2D eigenvalue weighted by Gasteiger charge is 2.33. The number of carbonyl (C=O) groups excluding carboxylic acids is 2. The third kappa shape index (κ3) is 4.49. The summed E-state index contributed by atoms with van der Waals surface area (Å²) < 4.78 is 11.0. The Labute approximate surface area is 143 Å². The highest BCUT2D eigenvalue weighted by molar-refractivity contribution is 5.69. The summed E-state index contributed by atoms with van der Waals surface area (Å²) in [6.07, 6.45) is 3.11. The molecule has 1 unspecified atom stereocenters. The van der Waals surface area contributed by atoms with E-state index in [2.05, 4.69) is 6.92 Å². The fourth-order valence-corrected chi connectivity index (χ4v) is 3.03. The van der Waals surface area contributed by atoms with E-state index in [-0.39, 0.29) is 18.7 Å². The average Bonchev–Trinajstić information content (AvgIpc) is 2.51. The molecule has 0 radical (unpaired) electrons. The number of nitrogens with zero attached hydrogens (tertiary/aromatic N) is 1. The maximum Gasteiger partial charge on any atom is 0.410 e. The van der Waals surface area contributed by atoms with E-state index >= 15 is 0 Å². The summed E-state index contributed by atoms with van der Waals surface area (Å²) in [4.78, 5) is 24.8. The molecular formula is C19H27NO4. The number of carbonyl (C=O) groups is 2. The SMILES string of the molecule is CCCC1c2ccc(OCC=O)cc2CCN1C(=O)OC(C)(C)C. The van der Waals surface area contributed by atoms with E-state index in [0.717, 1.165) is 31.1 Å². The van der Waals surface area contributed by atoms with E-state index in [1.165, 1.54) is 5.56 Å². The number of hydrogen-bond acceptors (Lipinski definition) is 4. The topological polar surface area (TPSA) is 55.8 Å². The summed E-state index contributed by atoms with van der Waals surface area (Å²) in [7, 11) is 0. The van der Waals surface area contributed by atoms with Crippen LogP contribution in [0.4, 0.5) is 4.79 Å². The lowest BCUT2D eigenvalue weighted by molar-refractivity contribution is -0.109. The van der Waals surface area contributed by atoms with E-state index < -0.39 is 5.60 Å². The van der Waals surface area contributed by atoms with Gasteiger partial charge in [-0.25, -0.2) is 4.79 Å². The predicted molar refractivity (Wildman–Crippen MR) is 92.3 cm³/mol. The number of amides is 1. The Bertz CT molecular complexity index is 592. The molecule has 0 N–H and O–H groups in total. The molecule has 0 fully saturated rings. The van der Waals surface area contributed by atoms with Crippen molar-refractivity contribution in [3.8, 4) is 5.75 Å². The molecule has 0 aliphatic carbocycles. The van der Waals surface area contributed by atoms with Crippen LogP contribution in [0.1, 0.15) is 57.7 Å². The highest BCUT2D eigenvalue weighted by Crippen LogP contribution is 2.35. The van der Waals surface area contributed by atoms with Crippen LogP contribution in [0.5, 0.6) is 5.75 Å². The summed E-state index contributed by atoms with van der Waals surface area (Å²) in [5, 5.41) is 0. The fraction of sp³-hybridized carbons (Fsp3) is 0.579. The van der Waals surface area contributed by atoms with Gasteiger partial charge < -0.3 is 14.4 Å². The van der Waals surface area contributed by atoms with Crippen molar-refractivity contribution in [3.63, 3.8) is 0 Å². The van der Waals surface area contributed by atoms with Gasteiger partial charge in [-0.2, -0.15) is 0 Å². The molecule has 132 valence electrons. The first-order valence-electron chi connectivity index (χ1n) is 8.54. The highest BCUT2D eigenvalue weighted by atomic mass is 16.6. The smallest absolute Gasteiger partial charge is 0.410 e. The maximum absolute atomic E-state index is 12.6. The molecule has 0 bridgehead atoms. The molecule has 2 rings (SSSR count). The Balaban J connectivity index is 2.24. The minimum Gasteiger partial charge on any atom is -0.486 e. The van der Waals surface area contributed by atoms with E-state index in [4.69, 9.17) is 9.47 Å². The Morgan fingerprint density at radius 2 is 2.12 bits per heavy atom. The van der Waals surface area contributed by atoms with Crippen LogP contribution < -0.4 is 4.74 Å². The van der Waals surface area contributed by atoms with Gasteiger partial charge >= 0.3 is 6.09 Å². The fourth-order valence-electron chi connectivity index (χ4n) is 3.03. The van der Waals surface area contributed by atoms with Gasteiger partial charge in [0, 0.05) is 6.54 Å². The van der Waals surface area contributed by atoms with Crippen LogP contribution in [0.15, 0.2) is 18.2 Å². The molecule has 0 spiro atoms. The zero-order valence-electron chi connectivity index (χ0n) is 15.0. The molecule has 0 saturated heterocycles. The zero-order chi connectivity index (χ0) is 17.7. The molecule has 1 aromatic rings. The van der Waals surface area contributed by atoms with Crippen LogP contribution in [-0.2, 0) is 16.0 Å². The van der Waals surface area contributed by atoms with Crippen molar-refractivity contribution in [2.45, 2.75) is 58.6 Å². The first kappa shape index (κ1) is 18.3. The lowest BCUT2D eigenvalue weighted by Gasteiger charge is -2.38. The van der Waals surface area contributed by atoms with Crippen LogP contribution in [-0.4, -0.2) is 36.0 Å². The van der Waals surface area contributed by atoms with Crippen LogP contribution in [0.25, 0.3) is 0 Å². The molecule has 1 amide bonds. The molecule has 1 atom stereocenters. The normalized spacial score (nSPS) is 17.2. The lowest BCUT2D eigenvalue weighted by atomic mass is 9.90. The molecule has 1 heterocycles. The Hall–Kier alpha value is -2.04. The average molecular weight is 333 g/mol. The molecule has 5 nitrogen and oxygen atoms in total. The molecule has 1 aromatic carbocycles. The van der Waals surface area contributed by atoms with Gasteiger partial charge in [-0.1, -0.05) is 19.4 Å². The second kappa shape index (κ2) is 7.69. The van der Waals surface area contributed by atoms with Crippen LogP contribution >= 0.6 is 0 Å². The van der Waals surface area contributed by atoms with Gasteiger partial charge in [-0.05, 0) is 56.9 Å². The van der Waals surface area contributed by atoms with Crippen molar-refractivity contribution >= 4 is 12.4 Å².